The maximum absolute atomic E-state index is 13.5. The average molecular weight is 296 g/mol. The Morgan fingerprint density at radius 2 is 1.86 bits per heavy atom. The van der Waals surface area contributed by atoms with Gasteiger partial charge in [0.15, 0.2) is 0 Å². The molecule has 0 saturated heterocycles. The molecular weight excluding hydrogens is 278 g/mol. The summed E-state index contributed by atoms with van der Waals surface area (Å²) in [4.78, 5) is 23.9. The number of rotatable bonds is 6. The molecule has 0 aliphatic carbocycles. The van der Waals surface area contributed by atoms with Gasteiger partial charge in [-0.15, -0.1) is 6.58 Å². The van der Waals surface area contributed by atoms with Crippen molar-refractivity contribution in [2.45, 2.75) is 19.9 Å². The summed E-state index contributed by atoms with van der Waals surface area (Å²) < 4.78 is 27.1. The van der Waals surface area contributed by atoms with Crippen LogP contribution in [0.2, 0.25) is 0 Å². The van der Waals surface area contributed by atoms with Gasteiger partial charge in [-0.1, -0.05) is 26.0 Å². The minimum absolute atomic E-state index is 0.242. The molecule has 0 heterocycles. The Balaban J connectivity index is 2.91. The Kier molecular flexibility index (Phi) is 6.02. The van der Waals surface area contributed by atoms with Crippen LogP contribution in [0.15, 0.2) is 30.9 Å². The molecule has 6 heteroatoms. The molecule has 4 nitrogen and oxygen atoms in total. The fourth-order valence-corrected chi connectivity index (χ4v) is 1.75. The van der Waals surface area contributed by atoms with E-state index in [0.717, 1.165) is 18.2 Å². The molecule has 1 aromatic carbocycles. The van der Waals surface area contributed by atoms with Crippen LogP contribution in [0.3, 0.4) is 0 Å². The molecule has 0 fully saturated rings. The number of carbonyl (C=O) groups excluding carboxylic acids is 2. The topological polar surface area (TPSA) is 58.2 Å². The summed E-state index contributed by atoms with van der Waals surface area (Å²) >= 11 is 0. The van der Waals surface area contributed by atoms with Gasteiger partial charge in [-0.25, -0.2) is 8.78 Å². The van der Waals surface area contributed by atoms with Gasteiger partial charge >= 0.3 is 0 Å². The van der Waals surface area contributed by atoms with Gasteiger partial charge in [-0.05, 0) is 18.1 Å². The van der Waals surface area contributed by atoms with Crippen molar-refractivity contribution in [1.82, 2.24) is 10.6 Å². The maximum atomic E-state index is 13.5. The van der Waals surface area contributed by atoms with Crippen LogP contribution in [0.4, 0.5) is 8.78 Å². The van der Waals surface area contributed by atoms with Gasteiger partial charge < -0.3 is 10.6 Å². The van der Waals surface area contributed by atoms with Crippen molar-refractivity contribution in [2.75, 3.05) is 6.54 Å². The van der Waals surface area contributed by atoms with Crippen LogP contribution < -0.4 is 10.6 Å². The lowest BCUT2D eigenvalue weighted by atomic mass is 10.0. The van der Waals surface area contributed by atoms with Gasteiger partial charge in [0.1, 0.15) is 23.2 Å². The van der Waals surface area contributed by atoms with Crippen molar-refractivity contribution in [3.63, 3.8) is 0 Å². The third kappa shape index (κ3) is 4.37. The van der Waals surface area contributed by atoms with Gasteiger partial charge in [-0.2, -0.15) is 0 Å². The highest BCUT2D eigenvalue weighted by Crippen LogP contribution is 2.13. The summed E-state index contributed by atoms with van der Waals surface area (Å²) in [6.45, 7) is 7.15. The molecule has 114 valence electrons. The predicted octanol–water partition coefficient (Wildman–Crippen LogP) is 2.02. The zero-order chi connectivity index (χ0) is 16.0. The summed E-state index contributed by atoms with van der Waals surface area (Å²) in [5.74, 6) is -3.58. The number of hydrogen-bond donors (Lipinski definition) is 2. The van der Waals surface area contributed by atoms with Gasteiger partial charge in [0.2, 0.25) is 5.91 Å². The lowest BCUT2D eigenvalue weighted by molar-refractivity contribution is -0.123. The van der Waals surface area contributed by atoms with Crippen LogP contribution >= 0.6 is 0 Å². The highest BCUT2D eigenvalue weighted by atomic mass is 19.1. The van der Waals surface area contributed by atoms with Crippen LogP contribution in [-0.4, -0.2) is 24.4 Å². The largest absolute Gasteiger partial charge is 0.351 e. The Labute approximate surface area is 122 Å². The molecule has 0 aromatic heterocycles. The van der Waals surface area contributed by atoms with Gasteiger partial charge in [0.05, 0.1) is 0 Å². The second kappa shape index (κ2) is 7.52. The lowest BCUT2D eigenvalue weighted by Crippen LogP contribution is -2.50. The molecule has 21 heavy (non-hydrogen) atoms. The minimum Gasteiger partial charge on any atom is -0.351 e. The lowest BCUT2D eigenvalue weighted by Gasteiger charge is -2.21. The van der Waals surface area contributed by atoms with E-state index in [1.807, 2.05) is 0 Å². The van der Waals surface area contributed by atoms with Crippen molar-refractivity contribution in [3.05, 3.63) is 48.1 Å². The first kappa shape index (κ1) is 16.8. The smallest absolute Gasteiger partial charge is 0.257 e. The van der Waals surface area contributed by atoms with E-state index >= 15 is 0 Å². The van der Waals surface area contributed by atoms with Crippen molar-refractivity contribution in [3.8, 4) is 0 Å². The fourth-order valence-electron chi connectivity index (χ4n) is 1.75. The zero-order valence-corrected chi connectivity index (χ0v) is 12.0. The molecule has 0 radical (unpaired) electrons. The van der Waals surface area contributed by atoms with Gasteiger partial charge in [0.25, 0.3) is 5.91 Å². The molecule has 1 aromatic rings. The number of nitrogens with one attached hydrogen (secondary N) is 2. The van der Waals surface area contributed by atoms with Crippen LogP contribution in [0, 0.1) is 17.6 Å². The van der Waals surface area contributed by atoms with E-state index in [-0.39, 0.29) is 12.5 Å². The van der Waals surface area contributed by atoms with E-state index in [0.29, 0.717) is 0 Å². The van der Waals surface area contributed by atoms with Crippen LogP contribution in [0.1, 0.15) is 24.2 Å². The Bertz CT molecular complexity index is 524. The van der Waals surface area contributed by atoms with Gasteiger partial charge in [0, 0.05) is 6.54 Å². The van der Waals surface area contributed by atoms with E-state index in [1.54, 1.807) is 13.8 Å². The Morgan fingerprint density at radius 3 is 2.33 bits per heavy atom. The van der Waals surface area contributed by atoms with Crippen LogP contribution in [0.5, 0.6) is 0 Å². The first-order valence-corrected chi connectivity index (χ1v) is 6.52. The third-order valence-corrected chi connectivity index (χ3v) is 2.85. The SMILES string of the molecule is C=CCNC(=O)C(NC(=O)c1c(F)cccc1F)C(C)C. The zero-order valence-electron chi connectivity index (χ0n) is 12.0. The maximum Gasteiger partial charge on any atom is 0.257 e. The van der Waals surface area contributed by atoms with E-state index in [1.165, 1.54) is 6.08 Å². The number of halogens is 2. The van der Waals surface area contributed by atoms with E-state index in [4.69, 9.17) is 0 Å². The molecule has 0 spiro atoms. The molecule has 2 amide bonds. The molecule has 1 atom stereocenters. The molecule has 1 unspecified atom stereocenters. The minimum atomic E-state index is -0.971. The quantitative estimate of drug-likeness (QED) is 0.789. The van der Waals surface area contributed by atoms with Crippen molar-refractivity contribution >= 4 is 11.8 Å². The first-order valence-electron chi connectivity index (χ1n) is 6.52. The number of amides is 2. The molecular formula is C15H18F2N2O2. The van der Waals surface area contributed by atoms with E-state index in [2.05, 4.69) is 17.2 Å². The summed E-state index contributed by atoms with van der Waals surface area (Å²) in [7, 11) is 0. The number of benzene rings is 1. The van der Waals surface area contributed by atoms with Gasteiger partial charge in [-0.3, -0.25) is 9.59 Å². The van der Waals surface area contributed by atoms with E-state index < -0.39 is 35.1 Å². The van der Waals surface area contributed by atoms with Crippen LogP contribution in [-0.2, 0) is 4.79 Å². The molecule has 2 N–H and O–H groups in total. The number of hydrogen-bond acceptors (Lipinski definition) is 2. The number of carbonyl (C=O) groups is 2. The standard InChI is InChI=1S/C15H18F2N2O2/c1-4-8-18-15(21)13(9(2)3)19-14(20)12-10(16)6-5-7-11(12)17/h4-7,9,13H,1,8H2,2-3H3,(H,18,21)(H,19,20). The second-order valence-electron chi connectivity index (χ2n) is 4.83. The highest BCUT2D eigenvalue weighted by Gasteiger charge is 2.26. The summed E-state index contributed by atoms with van der Waals surface area (Å²) in [6, 6.07) is 2.25. The third-order valence-electron chi connectivity index (χ3n) is 2.85. The normalized spacial score (nSPS) is 11.9. The molecule has 0 saturated carbocycles. The summed E-state index contributed by atoms with van der Waals surface area (Å²) in [6.07, 6.45) is 1.49. The van der Waals surface area contributed by atoms with Crippen LogP contribution in [0.25, 0.3) is 0 Å². The highest BCUT2D eigenvalue weighted by molar-refractivity contribution is 5.98. The predicted molar refractivity (Wildman–Crippen MR) is 75.7 cm³/mol. The summed E-state index contributed by atoms with van der Waals surface area (Å²) in [5, 5.41) is 4.90. The van der Waals surface area contributed by atoms with Crippen molar-refractivity contribution < 1.29 is 18.4 Å². The Hall–Kier alpha value is -2.24. The second-order valence-corrected chi connectivity index (χ2v) is 4.83. The molecule has 1 rings (SSSR count). The first-order chi connectivity index (χ1) is 9.88. The Morgan fingerprint density at radius 1 is 1.29 bits per heavy atom. The molecule has 0 aliphatic rings. The monoisotopic (exact) mass is 296 g/mol. The summed E-state index contributed by atoms with van der Waals surface area (Å²) in [5.41, 5.74) is -0.695. The molecule has 0 aliphatic heterocycles. The molecule has 0 bridgehead atoms. The van der Waals surface area contributed by atoms with Crippen molar-refractivity contribution in [1.29, 1.82) is 0 Å². The van der Waals surface area contributed by atoms with Crippen molar-refractivity contribution in [2.24, 2.45) is 5.92 Å². The fraction of sp³-hybridized carbons (Fsp3) is 0.333. The van der Waals surface area contributed by atoms with E-state index in [9.17, 15) is 18.4 Å². The average Bonchev–Trinajstić information content (AvgIpc) is 2.41.